The van der Waals surface area contributed by atoms with Crippen LogP contribution < -0.4 is 5.32 Å². The number of nitrogens with zero attached hydrogens (tertiary/aromatic N) is 2. The lowest BCUT2D eigenvalue weighted by Crippen LogP contribution is -2.35. The molecule has 2 N–H and O–H groups in total. The lowest BCUT2D eigenvalue weighted by atomic mass is 9.83. The largest absolute Gasteiger partial charge is 0.390 e. The lowest BCUT2D eigenvalue weighted by Gasteiger charge is -2.33. The lowest BCUT2D eigenvalue weighted by molar-refractivity contribution is -0.387. The van der Waals surface area contributed by atoms with Crippen LogP contribution in [-0.2, 0) is 0 Å². The highest BCUT2D eigenvalue weighted by atomic mass is 79.9. The molecule has 3 rings (SSSR count). The SMILES string of the molecule is CC1(O)CCC(Nc2ccc(Br)cc2[N+](=O)[O-])CC1.O=[N+]([O-])c1cc(Br)ccc1F. The van der Waals surface area contributed by atoms with Crippen molar-refractivity contribution < 1.29 is 19.3 Å². The first-order chi connectivity index (χ1) is 14.0. The van der Waals surface area contributed by atoms with Gasteiger partial charge in [-0.3, -0.25) is 20.2 Å². The van der Waals surface area contributed by atoms with Gasteiger partial charge in [0, 0.05) is 27.1 Å². The maximum atomic E-state index is 12.6. The van der Waals surface area contributed by atoms with Crippen molar-refractivity contribution in [2.45, 2.75) is 44.2 Å². The summed E-state index contributed by atoms with van der Waals surface area (Å²) in [6.45, 7) is 1.84. The Hall–Kier alpha value is -2.11. The molecular weight excluding hydrogens is 529 g/mol. The van der Waals surface area contributed by atoms with E-state index in [2.05, 4.69) is 37.2 Å². The molecule has 0 unspecified atom stereocenters. The van der Waals surface area contributed by atoms with E-state index in [-0.39, 0.29) is 16.7 Å². The van der Waals surface area contributed by atoms with Crippen LogP contribution in [0.25, 0.3) is 0 Å². The summed E-state index contributed by atoms with van der Waals surface area (Å²) in [5.41, 5.74) is -0.491. The normalized spacial score (nSPS) is 20.6. The Morgan fingerprint density at radius 1 is 1.03 bits per heavy atom. The van der Waals surface area contributed by atoms with Crippen LogP contribution in [0.3, 0.4) is 0 Å². The fraction of sp³-hybridized carbons (Fsp3) is 0.368. The van der Waals surface area contributed by atoms with Crippen molar-refractivity contribution >= 4 is 48.9 Å². The third-order valence-corrected chi connectivity index (χ3v) is 5.67. The van der Waals surface area contributed by atoms with Crippen molar-refractivity contribution in [1.82, 2.24) is 0 Å². The van der Waals surface area contributed by atoms with E-state index in [9.17, 15) is 29.7 Å². The van der Waals surface area contributed by atoms with Gasteiger partial charge in [-0.25, -0.2) is 0 Å². The molecule has 162 valence electrons. The number of anilines is 1. The molecule has 0 radical (unpaired) electrons. The molecule has 30 heavy (non-hydrogen) atoms. The van der Waals surface area contributed by atoms with Crippen molar-refractivity contribution in [3.05, 3.63) is 71.4 Å². The van der Waals surface area contributed by atoms with Crippen LogP contribution >= 0.6 is 31.9 Å². The van der Waals surface area contributed by atoms with Gasteiger partial charge in [-0.05, 0) is 56.9 Å². The summed E-state index contributed by atoms with van der Waals surface area (Å²) in [6, 6.07) is 8.75. The van der Waals surface area contributed by atoms with E-state index in [1.54, 1.807) is 12.1 Å². The van der Waals surface area contributed by atoms with Gasteiger partial charge in [0.15, 0.2) is 0 Å². The summed E-state index contributed by atoms with van der Waals surface area (Å²) in [6.07, 6.45) is 3.07. The first kappa shape index (κ1) is 24.2. The molecule has 2 aromatic carbocycles. The highest BCUT2D eigenvalue weighted by Crippen LogP contribution is 2.33. The van der Waals surface area contributed by atoms with E-state index in [0.717, 1.165) is 37.8 Å². The fourth-order valence-electron chi connectivity index (χ4n) is 3.01. The number of rotatable bonds is 4. The molecule has 8 nitrogen and oxygen atoms in total. The van der Waals surface area contributed by atoms with Crippen LogP contribution in [0.5, 0.6) is 0 Å². The van der Waals surface area contributed by atoms with E-state index >= 15 is 0 Å². The Bertz CT molecular complexity index is 932. The smallest absolute Gasteiger partial charge is 0.305 e. The van der Waals surface area contributed by atoms with Gasteiger partial charge in [0.25, 0.3) is 5.69 Å². The topological polar surface area (TPSA) is 119 Å². The van der Waals surface area contributed by atoms with Gasteiger partial charge >= 0.3 is 5.69 Å². The predicted octanol–water partition coefficient (Wildman–Crippen LogP) is 5.96. The zero-order valence-corrected chi connectivity index (χ0v) is 19.2. The van der Waals surface area contributed by atoms with E-state index in [4.69, 9.17) is 0 Å². The van der Waals surface area contributed by atoms with Crippen LogP contribution in [-0.4, -0.2) is 26.6 Å². The van der Waals surface area contributed by atoms with Crippen molar-refractivity contribution in [3.63, 3.8) is 0 Å². The summed E-state index contributed by atoms with van der Waals surface area (Å²) >= 11 is 6.23. The number of hydrogen-bond donors (Lipinski definition) is 2. The Morgan fingerprint density at radius 3 is 2.03 bits per heavy atom. The Morgan fingerprint density at radius 2 is 1.53 bits per heavy atom. The van der Waals surface area contributed by atoms with Crippen molar-refractivity contribution in [1.29, 1.82) is 0 Å². The fourth-order valence-corrected chi connectivity index (χ4v) is 3.71. The van der Waals surface area contributed by atoms with Gasteiger partial charge in [0.2, 0.25) is 5.82 Å². The van der Waals surface area contributed by atoms with Crippen LogP contribution in [0.1, 0.15) is 32.6 Å². The van der Waals surface area contributed by atoms with Gasteiger partial charge in [0.1, 0.15) is 5.69 Å². The summed E-state index contributed by atoms with van der Waals surface area (Å²) in [7, 11) is 0. The van der Waals surface area contributed by atoms with Crippen LogP contribution in [0.15, 0.2) is 45.3 Å². The molecule has 0 bridgehead atoms. The molecule has 0 aromatic heterocycles. The summed E-state index contributed by atoms with van der Waals surface area (Å²) in [4.78, 5) is 20.0. The molecule has 0 aliphatic heterocycles. The number of nitro groups is 2. The molecular formula is C19H20Br2FN3O5. The first-order valence-electron chi connectivity index (χ1n) is 9.01. The van der Waals surface area contributed by atoms with Crippen molar-refractivity contribution in [2.75, 3.05) is 5.32 Å². The van der Waals surface area contributed by atoms with Crippen molar-refractivity contribution in [3.8, 4) is 0 Å². The first-order valence-corrected chi connectivity index (χ1v) is 10.6. The second-order valence-corrected chi connectivity index (χ2v) is 9.02. The number of benzene rings is 2. The van der Waals surface area contributed by atoms with E-state index in [1.807, 2.05) is 6.92 Å². The van der Waals surface area contributed by atoms with Gasteiger partial charge in [-0.15, -0.1) is 0 Å². The average Bonchev–Trinajstić information content (AvgIpc) is 2.67. The molecule has 0 spiro atoms. The predicted molar refractivity (Wildman–Crippen MR) is 118 cm³/mol. The standard InChI is InChI=1S/C13H17BrN2O3.C6H3BrFNO2/c1-13(17)6-4-10(5-7-13)15-11-3-2-9(14)8-12(11)16(18)19;7-4-1-2-5(8)6(3-4)9(10)11/h2-3,8,10,15,17H,4-7H2,1H3;1-3H. The van der Waals surface area contributed by atoms with Gasteiger partial charge in [0.05, 0.1) is 15.4 Å². The minimum Gasteiger partial charge on any atom is -0.390 e. The molecule has 0 amide bonds. The number of nitro benzene ring substituents is 2. The summed E-state index contributed by atoms with van der Waals surface area (Å²) in [5.74, 6) is -0.821. The second kappa shape index (κ2) is 10.3. The third kappa shape index (κ3) is 6.99. The van der Waals surface area contributed by atoms with Gasteiger partial charge in [-0.2, -0.15) is 4.39 Å². The number of hydrogen-bond acceptors (Lipinski definition) is 6. The van der Waals surface area contributed by atoms with Crippen molar-refractivity contribution in [2.24, 2.45) is 0 Å². The van der Waals surface area contributed by atoms with Crippen LogP contribution in [0.2, 0.25) is 0 Å². The zero-order chi connectivity index (χ0) is 22.5. The van der Waals surface area contributed by atoms with E-state index in [0.29, 0.717) is 14.6 Å². The molecule has 1 fully saturated rings. The quantitative estimate of drug-likeness (QED) is 0.359. The summed E-state index contributed by atoms with van der Waals surface area (Å²) < 4.78 is 13.7. The molecule has 1 saturated carbocycles. The molecule has 11 heteroatoms. The monoisotopic (exact) mass is 547 g/mol. The van der Waals surface area contributed by atoms with E-state index in [1.165, 1.54) is 12.1 Å². The van der Waals surface area contributed by atoms with Gasteiger partial charge in [-0.1, -0.05) is 31.9 Å². The number of nitrogens with one attached hydrogen (secondary N) is 1. The highest BCUT2D eigenvalue weighted by Gasteiger charge is 2.29. The molecule has 0 saturated heterocycles. The minimum absolute atomic E-state index is 0.0757. The molecule has 0 heterocycles. The van der Waals surface area contributed by atoms with E-state index < -0.39 is 22.0 Å². The maximum absolute atomic E-state index is 12.6. The third-order valence-electron chi connectivity index (χ3n) is 4.68. The van der Waals surface area contributed by atoms with Gasteiger partial charge < -0.3 is 10.4 Å². The second-order valence-electron chi connectivity index (χ2n) is 7.19. The Kier molecular flexibility index (Phi) is 8.27. The van der Waals surface area contributed by atoms with Crippen LogP contribution in [0, 0.1) is 26.0 Å². The Balaban J connectivity index is 0.000000248. The number of halogens is 3. The number of aliphatic hydroxyl groups is 1. The molecule has 0 atom stereocenters. The van der Waals surface area contributed by atoms with Crippen LogP contribution in [0.4, 0.5) is 21.5 Å². The summed E-state index contributed by atoms with van der Waals surface area (Å²) in [5, 5.41) is 34.3. The molecule has 1 aliphatic carbocycles. The average molecular weight is 549 g/mol. The zero-order valence-electron chi connectivity index (χ0n) is 16.0. The molecule has 1 aliphatic rings. The highest BCUT2D eigenvalue weighted by molar-refractivity contribution is 9.10. The Labute approximate surface area is 189 Å². The molecule has 2 aromatic rings. The minimum atomic E-state index is -0.821. The maximum Gasteiger partial charge on any atom is 0.305 e.